The van der Waals surface area contributed by atoms with E-state index in [4.69, 9.17) is 5.11 Å². The highest BCUT2D eigenvalue weighted by Gasteiger charge is 2.28. The summed E-state index contributed by atoms with van der Waals surface area (Å²) >= 11 is 1.23. The van der Waals surface area contributed by atoms with Gasteiger partial charge in [-0.25, -0.2) is 9.48 Å². The van der Waals surface area contributed by atoms with Crippen LogP contribution in [0.2, 0.25) is 0 Å². The molecule has 9 heteroatoms. The third-order valence-corrected chi connectivity index (χ3v) is 3.93. The Morgan fingerprint density at radius 2 is 2.26 bits per heavy atom. The molecule has 19 heavy (non-hydrogen) atoms. The van der Waals surface area contributed by atoms with Crippen LogP contribution in [0.25, 0.3) is 0 Å². The van der Waals surface area contributed by atoms with Crippen LogP contribution in [0, 0.1) is 0 Å². The number of aliphatic carboxylic acids is 1. The largest absolute Gasteiger partial charge is 0.480 e. The first-order valence-electron chi connectivity index (χ1n) is 5.90. The van der Waals surface area contributed by atoms with E-state index in [1.165, 1.54) is 30.6 Å². The van der Waals surface area contributed by atoms with Gasteiger partial charge >= 0.3 is 5.97 Å². The van der Waals surface area contributed by atoms with Gasteiger partial charge in [0.2, 0.25) is 11.1 Å². The summed E-state index contributed by atoms with van der Waals surface area (Å²) in [6, 6.07) is -0.490. The fraction of sp³-hybridized carbons (Fsp3) is 0.700. The number of aromatic nitrogens is 4. The minimum Gasteiger partial charge on any atom is -0.480 e. The zero-order valence-electron chi connectivity index (χ0n) is 10.7. The molecule has 0 radical (unpaired) electrons. The Kier molecular flexibility index (Phi) is 4.03. The van der Waals surface area contributed by atoms with E-state index in [9.17, 15) is 9.59 Å². The van der Waals surface area contributed by atoms with Gasteiger partial charge < -0.3 is 10.0 Å². The number of carboxylic acid groups (broad SMARTS) is 1. The Bertz CT molecular complexity index is 487. The number of thioether (sulfide) groups is 1. The normalized spacial score (nSPS) is 16.1. The maximum Gasteiger partial charge on any atom is 0.326 e. The first-order valence-corrected chi connectivity index (χ1v) is 6.88. The van der Waals surface area contributed by atoms with Crippen LogP contribution in [0.15, 0.2) is 5.16 Å². The van der Waals surface area contributed by atoms with Crippen molar-refractivity contribution in [3.63, 3.8) is 0 Å². The summed E-state index contributed by atoms with van der Waals surface area (Å²) in [5.41, 5.74) is 0. The fourth-order valence-corrected chi connectivity index (χ4v) is 2.31. The lowest BCUT2D eigenvalue weighted by molar-refractivity contribution is -0.147. The molecule has 1 atom stereocenters. The Morgan fingerprint density at radius 3 is 2.84 bits per heavy atom. The number of carboxylic acids is 1. The first kappa shape index (κ1) is 13.8. The third-order valence-electron chi connectivity index (χ3n) is 3.01. The summed E-state index contributed by atoms with van der Waals surface area (Å²) in [6.07, 6.45) is 2.12. The average molecular weight is 285 g/mol. The van der Waals surface area contributed by atoms with Gasteiger partial charge in [0.25, 0.3) is 0 Å². The number of hydrogen-bond acceptors (Lipinski definition) is 6. The molecule has 2 rings (SSSR count). The Morgan fingerprint density at radius 1 is 1.58 bits per heavy atom. The Balaban J connectivity index is 1.89. The number of tetrazole rings is 1. The van der Waals surface area contributed by atoms with Crippen molar-refractivity contribution in [2.24, 2.45) is 0 Å². The zero-order chi connectivity index (χ0) is 14.0. The molecule has 0 saturated heterocycles. The van der Waals surface area contributed by atoms with Gasteiger partial charge in [0.1, 0.15) is 6.04 Å². The number of carbonyl (C=O) groups excluding carboxylic acids is 1. The van der Waals surface area contributed by atoms with Gasteiger partial charge in [-0.1, -0.05) is 11.8 Å². The lowest BCUT2D eigenvalue weighted by Gasteiger charge is -2.20. The fourth-order valence-electron chi connectivity index (χ4n) is 1.44. The van der Waals surface area contributed by atoms with Crippen molar-refractivity contribution in [2.45, 2.75) is 37.0 Å². The quantitative estimate of drug-likeness (QED) is 0.736. The van der Waals surface area contributed by atoms with E-state index in [0.717, 1.165) is 12.8 Å². The first-order chi connectivity index (χ1) is 9.00. The van der Waals surface area contributed by atoms with E-state index < -0.39 is 12.0 Å². The van der Waals surface area contributed by atoms with E-state index in [1.807, 2.05) is 0 Å². The van der Waals surface area contributed by atoms with Crippen LogP contribution in [-0.4, -0.2) is 60.9 Å². The van der Waals surface area contributed by atoms with E-state index in [1.54, 1.807) is 4.68 Å². The molecule has 0 bridgehead atoms. The molecule has 1 unspecified atom stereocenters. The Labute approximate surface area is 114 Å². The van der Waals surface area contributed by atoms with Crippen molar-refractivity contribution in [3.05, 3.63) is 0 Å². The molecule has 1 aliphatic rings. The van der Waals surface area contributed by atoms with Crippen molar-refractivity contribution in [2.75, 3.05) is 12.8 Å². The van der Waals surface area contributed by atoms with Crippen LogP contribution in [0.1, 0.15) is 25.8 Å². The van der Waals surface area contributed by atoms with Crippen molar-refractivity contribution in [1.29, 1.82) is 0 Å². The maximum absolute atomic E-state index is 11.8. The lowest BCUT2D eigenvalue weighted by Crippen LogP contribution is -2.41. The smallest absolute Gasteiger partial charge is 0.326 e. The number of likely N-dealkylation sites (N-methyl/N-ethyl adjacent to an activating group) is 1. The van der Waals surface area contributed by atoms with Crippen molar-refractivity contribution in [1.82, 2.24) is 25.1 Å². The highest BCUT2D eigenvalue weighted by Crippen LogP contribution is 2.36. The van der Waals surface area contributed by atoms with Gasteiger partial charge in [0.05, 0.1) is 11.8 Å². The second-order valence-corrected chi connectivity index (χ2v) is 5.39. The second-order valence-electron chi connectivity index (χ2n) is 4.44. The van der Waals surface area contributed by atoms with Crippen LogP contribution in [0.4, 0.5) is 0 Å². The van der Waals surface area contributed by atoms with Gasteiger partial charge in [-0.15, -0.1) is 5.10 Å². The molecule has 1 saturated carbocycles. The molecule has 1 N–H and O–H groups in total. The zero-order valence-corrected chi connectivity index (χ0v) is 11.5. The van der Waals surface area contributed by atoms with Crippen molar-refractivity contribution in [3.8, 4) is 0 Å². The van der Waals surface area contributed by atoms with Gasteiger partial charge in [-0.3, -0.25) is 4.79 Å². The van der Waals surface area contributed by atoms with Gasteiger partial charge in [-0.05, 0) is 30.2 Å². The van der Waals surface area contributed by atoms with Crippen LogP contribution >= 0.6 is 11.8 Å². The molecule has 1 fully saturated rings. The predicted molar refractivity (Wildman–Crippen MR) is 66.7 cm³/mol. The number of amides is 1. The number of nitrogens with zero attached hydrogens (tertiary/aromatic N) is 5. The molecular weight excluding hydrogens is 270 g/mol. The molecule has 0 aliphatic heterocycles. The molecule has 1 aromatic rings. The molecule has 104 valence electrons. The van der Waals surface area contributed by atoms with Crippen molar-refractivity contribution >= 4 is 23.6 Å². The SMILES string of the molecule is CC(C(=O)O)N(C)C(=O)CSc1nnnn1C1CC1. The van der Waals surface area contributed by atoms with E-state index in [2.05, 4.69) is 15.5 Å². The van der Waals surface area contributed by atoms with Gasteiger partial charge in [0.15, 0.2) is 0 Å². The average Bonchev–Trinajstić information content (AvgIpc) is 3.13. The summed E-state index contributed by atoms with van der Waals surface area (Å²) in [5.74, 6) is -1.16. The second kappa shape index (κ2) is 5.55. The maximum atomic E-state index is 11.8. The molecule has 8 nitrogen and oxygen atoms in total. The van der Waals surface area contributed by atoms with Gasteiger partial charge in [0, 0.05) is 7.05 Å². The standard InChI is InChI=1S/C10H15N5O3S/c1-6(9(17)18)14(2)8(16)5-19-10-11-12-13-15(10)7-3-4-7/h6-7H,3-5H2,1-2H3,(H,17,18). The summed E-state index contributed by atoms with van der Waals surface area (Å²) in [6.45, 7) is 1.47. The molecule has 1 amide bonds. The van der Waals surface area contributed by atoms with Crippen LogP contribution in [0.5, 0.6) is 0 Å². The summed E-state index contributed by atoms with van der Waals surface area (Å²) in [7, 11) is 1.48. The molecule has 1 aromatic heterocycles. The van der Waals surface area contributed by atoms with Gasteiger partial charge in [-0.2, -0.15) is 0 Å². The lowest BCUT2D eigenvalue weighted by atomic mass is 10.3. The predicted octanol–water partition coefficient (Wildman–Crippen LogP) is 0.0316. The van der Waals surface area contributed by atoms with E-state index in [0.29, 0.717) is 11.2 Å². The van der Waals surface area contributed by atoms with Crippen molar-refractivity contribution < 1.29 is 14.7 Å². The molecule has 0 aromatic carbocycles. The van der Waals surface area contributed by atoms with E-state index in [-0.39, 0.29) is 11.7 Å². The molecule has 0 spiro atoms. The Hall–Kier alpha value is -1.64. The summed E-state index contributed by atoms with van der Waals surface area (Å²) in [5, 5.41) is 20.8. The molecule has 1 aliphatic carbocycles. The highest BCUT2D eigenvalue weighted by molar-refractivity contribution is 7.99. The molecular formula is C10H15N5O3S. The third kappa shape index (κ3) is 3.22. The minimum atomic E-state index is -1.02. The minimum absolute atomic E-state index is 0.126. The number of rotatable bonds is 6. The highest BCUT2D eigenvalue weighted by atomic mass is 32.2. The van der Waals surface area contributed by atoms with E-state index >= 15 is 0 Å². The topological polar surface area (TPSA) is 101 Å². The van der Waals surface area contributed by atoms with Crippen LogP contribution in [0.3, 0.4) is 0 Å². The van der Waals surface area contributed by atoms with Crippen LogP contribution in [-0.2, 0) is 9.59 Å². The van der Waals surface area contributed by atoms with Crippen LogP contribution < -0.4 is 0 Å². The monoisotopic (exact) mass is 285 g/mol. The number of carbonyl (C=O) groups is 2. The molecule has 1 heterocycles. The number of hydrogen-bond donors (Lipinski definition) is 1. The summed E-state index contributed by atoms with van der Waals surface area (Å²) < 4.78 is 1.72. The summed E-state index contributed by atoms with van der Waals surface area (Å²) in [4.78, 5) is 23.8.